The number of halogens is 1. The molecule has 0 spiro atoms. The first-order valence-electron chi connectivity index (χ1n) is 9.63. The first-order valence-corrected chi connectivity index (χ1v) is 11.0. The number of hydrogen-bond donors (Lipinski definition) is 1. The molecule has 0 aliphatic heterocycles. The summed E-state index contributed by atoms with van der Waals surface area (Å²) in [5.41, 5.74) is 2.03. The van der Waals surface area contributed by atoms with Crippen LogP contribution in [0.15, 0.2) is 66.1 Å². The molecule has 0 saturated heterocycles. The van der Waals surface area contributed by atoms with Crippen LogP contribution in [0.4, 0.5) is 5.69 Å². The highest BCUT2D eigenvalue weighted by Gasteiger charge is 2.14. The summed E-state index contributed by atoms with van der Waals surface area (Å²) in [6.07, 6.45) is 3.51. The fourth-order valence-electron chi connectivity index (χ4n) is 2.97. The van der Waals surface area contributed by atoms with Gasteiger partial charge >= 0.3 is 0 Å². The predicted octanol–water partition coefficient (Wildman–Crippen LogP) is 4.74. The second kappa shape index (κ2) is 10.3. The molecule has 0 saturated carbocycles. The van der Waals surface area contributed by atoms with Gasteiger partial charge in [0.1, 0.15) is 0 Å². The summed E-state index contributed by atoms with van der Waals surface area (Å²) in [7, 11) is 0. The summed E-state index contributed by atoms with van der Waals surface area (Å²) in [5, 5.41) is 4.18. The summed E-state index contributed by atoms with van der Waals surface area (Å²) in [6, 6.07) is 14.4. The fraction of sp³-hybridized carbons (Fsp3) is 0.227. The van der Waals surface area contributed by atoms with E-state index >= 15 is 0 Å². The van der Waals surface area contributed by atoms with Gasteiger partial charge in [-0.25, -0.2) is 4.98 Å². The smallest absolute Gasteiger partial charge is 0.253 e. The lowest BCUT2D eigenvalue weighted by atomic mass is 10.1. The molecule has 0 radical (unpaired) electrons. The molecule has 0 aliphatic carbocycles. The van der Waals surface area contributed by atoms with E-state index in [0.29, 0.717) is 34.5 Å². The van der Waals surface area contributed by atoms with Gasteiger partial charge in [-0.05, 0) is 50.2 Å². The van der Waals surface area contributed by atoms with Crippen LogP contribution in [0.3, 0.4) is 0 Å². The highest BCUT2D eigenvalue weighted by atomic mass is 35.5. The van der Waals surface area contributed by atoms with Gasteiger partial charge in [-0.15, -0.1) is 0 Å². The van der Waals surface area contributed by atoms with Gasteiger partial charge in [-0.1, -0.05) is 35.5 Å². The minimum Gasteiger partial charge on any atom is -0.339 e. The van der Waals surface area contributed by atoms with Crippen molar-refractivity contribution in [2.45, 2.75) is 19.0 Å². The summed E-state index contributed by atoms with van der Waals surface area (Å²) in [6.45, 7) is 5.17. The third kappa shape index (κ3) is 5.43. The largest absolute Gasteiger partial charge is 0.339 e. The van der Waals surface area contributed by atoms with Gasteiger partial charge in [0.05, 0.1) is 5.75 Å². The molecule has 8 heteroatoms. The highest BCUT2D eigenvalue weighted by Crippen LogP contribution is 2.23. The molecule has 0 bridgehead atoms. The number of hydrogen-bond acceptors (Lipinski definition) is 4. The molecule has 3 aromatic rings. The third-order valence-corrected chi connectivity index (χ3v) is 5.67. The Morgan fingerprint density at radius 1 is 1.13 bits per heavy atom. The molecule has 2 aromatic carbocycles. The molecule has 6 nitrogen and oxygen atoms in total. The Morgan fingerprint density at radius 3 is 2.63 bits per heavy atom. The molecule has 0 aliphatic rings. The van der Waals surface area contributed by atoms with E-state index in [1.54, 1.807) is 41.4 Å². The standard InChI is InChI=1S/C22H23ClN4O2S/c1-3-26(4-2)21(29)16-7-5-9-18(13-16)25-20(28)15-30-22-24-11-12-27(22)19-10-6-8-17(23)14-19/h5-14H,3-4,15H2,1-2H3,(H,25,28). The molecule has 156 valence electrons. The van der Waals surface area contributed by atoms with Crippen LogP contribution >= 0.6 is 23.4 Å². The van der Waals surface area contributed by atoms with Gasteiger partial charge < -0.3 is 10.2 Å². The van der Waals surface area contributed by atoms with Crippen molar-refractivity contribution in [3.63, 3.8) is 0 Å². The van der Waals surface area contributed by atoms with Crippen LogP contribution in [0.5, 0.6) is 0 Å². The molecule has 2 amide bonds. The van der Waals surface area contributed by atoms with E-state index in [1.807, 2.05) is 42.8 Å². The Labute approximate surface area is 185 Å². The lowest BCUT2D eigenvalue weighted by Gasteiger charge is -2.19. The van der Waals surface area contributed by atoms with Gasteiger partial charge in [0.15, 0.2) is 5.16 Å². The maximum absolute atomic E-state index is 12.5. The number of aromatic nitrogens is 2. The zero-order chi connectivity index (χ0) is 21.5. The van der Waals surface area contributed by atoms with Crippen molar-refractivity contribution in [3.05, 3.63) is 71.5 Å². The number of nitrogens with one attached hydrogen (secondary N) is 1. The monoisotopic (exact) mass is 442 g/mol. The van der Waals surface area contributed by atoms with Crippen molar-refractivity contribution >= 4 is 40.9 Å². The number of benzene rings is 2. The molecule has 0 atom stereocenters. The minimum atomic E-state index is -0.173. The second-order valence-corrected chi connectivity index (χ2v) is 7.83. The van der Waals surface area contributed by atoms with Crippen molar-refractivity contribution in [2.24, 2.45) is 0 Å². The number of amides is 2. The van der Waals surface area contributed by atoms with Gasteiger partial charge in [-0.3, -0.25) is 14.2 Å². The third-order valence-electron chi connectivity index (χ3n) is 4.47. The van der Waals surface area contributed by atoms with Gasteiger partial charge in [-0.2, -0.15) is 0 Å². The van der Waals surface area contributed by atoms with E-state index in [0.717, 1.165) is 5.69 Å². The zero-order valence-electron chi connectivity index (χ0n) is 16.8. The van der Waals surface area contributed by atoms with E-state index in [-0.39, 0.29) is 17.6 Å². The Bertz CT molecular complexity index is 1030. The van der Waals surface area contributed by atoms with Crippen LogP contribution in [0.1, 0.15) is 24.2 Å². The Morgan fingerprint density at radius 2 is 1.90 bits per heavy atom. The van der Waals surface area contributed by atoms with Crippen LogP contribution in [0.2, 0.25) is 5.02 Å². The molecule has 30 heavy (non-hydrogen) atoms. The first-order chi connectivity index (χ1) is 14.5. The van der Waals surface area contributed by atoms with Crippen molar-refractivity contribution in [1.82, 2.24) is 14.5 Å². The number of rotatable bonds is 8. The van der Waals surface area contributed by atoms with Crippen LogP contribution in [0.25, 0.3) is 5.69 Å². The van der Waals surface area contributed by atoms with E-state index in [9.17, 15) is 9.59 Å². The SMILES string of the molecule is CCN(CC)C(=O)c1cccc(NC(=O)CSc2nccn2-c2cccc(Cl)c2)c1. The van der Waals surface area contributed by atoms with E-state index in [4.69, 9.17) is 11.6 Å². The average Bonchev–Trinajstić information content (AvgIpc) is 3.22. The normalized spacial score (nSPS) is 10.6. The number of anilines is 1. The number of imidazole rings is 1. The topological polar surface area (TPSA) is 67.2 Å². The molecule has 0 unspecified atom stereocenters. The second-order valence-electron chi connectivity index (χ2n) is 6.45. The fourth-order valence-corrected chi connectivity index (χ4v) is 3.93. The first kappa shape index (κ1) is 21.9. The maximum Gasteiger partial charge on any atom is 0.253 e. The van der Waals surface area contributed by atoms with E-state index in [2.05, 4.69) is 10.3 Å². The molecule has 1 aromatic heterocycles. The molecule has 1 heterocycles. The van der Waals surface area contributed by atoms with E-state index < -0.39 is 0 Å². The predicted molar refractivity (Wildman–Crippen MR) is 122 cm³/mol. The lowest BCUT2D eigenvalue weighted by molar-refractivity contribution is -0.113. The molecular weight excluding hydrogens is 420 g/mol. The van der Waals surface area contributed by atoms with Crippen LogP contribution in [-0.4, -0.2) is 45.1 Å². The van der Waals surface area contributed by atoms with Gasteiger partial charge in [0.25, 0.3) is 5.91 Å². The minimum absolute atomic E-state index is 0.0472. The van der Waals surface area contributed by atoms with E-state index in [1.165, 1.54) is 11.8 Å². The number of nitrogens with zero attached hydrogens (tertiary/aromatic N) is 3. The molecule has 3 rings (SSSR count). The van der Waals surface area contributed by atoms with Gasteiger partial charge in [0, 0.05) is 47.4 Å². The number of carbonyl (C=O) groups is 2. The Balaban J connectivity index is 1.63. The quantitative estimate of drug-likeness (QED) is 0.512. The number of thioether (sulfide) groups is 1. The molecule has 0 fully saturated rings. The highest BCUT2D eigenvalue weighted by molar-refractivity contribution is 7.99. The Hall–Kier alpha value is -2.77. The summed E-state index contributed by atoms with van der Waals surface area (Å²) in [4.78, 5) is 31.0. The van der Waals surface area contributed by atoms with Gasteiger partial charge in [0.2, 0.25) is 5.91 Å². The average molecular weight is 443 g/mol. The van der Waals surface area contributed by atoms with Crippen molar-refractivity contribution in [3.8, 4) is 5.69 Å². The summed E-state index contributed by atoms with van der Waals surface area (Å²) in [5.74, 6) is -0.0340. The van der Waals surface area contributed by atoms with Crippen molar-refractivity contribution in [2.75, 3.05) is 24.2 Å². The lowest BCUT2D eigenvalue weighted by Crippen LogP contribution is -2.30. The Kier molecular flexibility index (Phi) is 7.54. The van der Waals surface area contributed by atoms with Crippen molar-refractivity contribution in [1.29, 1.82) is 0 Å². The number of carbonyl (C=O) groups excluding carboxylic acids is 2. The maximum atomic E-state index is 12.5. The molecular formula is C22H23ClN4O2S. The molecule has 1 N–H and O–H groups in total. The zero-order valence-corrected chi connectivity index (χ0v) is 18.4. The van der Waals surface area contributed by atoms with Crippen LogP contribution in [0, 0.1) is 0 Å². The summed E-state index contributed by atoms with van der Waals surface area (Å²) >= 11 is 7.40. The summed E-state index contributed by atoms with van der Waals surface area (Å²) < 4.78 is 1.88. The van der Waals surface area contributed by atoms with Crippen LogP contribution in [-0.2, 0) is 4.79 Å². The van der Waals surface area contributed by atoms with Crippen molar-refractivity contribution < 1.29 is 9.59 Å². The van der Waals surface area contributed by atoms with Crippen LogP contribution < -0.4 is 5.32 Å².